The van der Waals surface area contributed by atoms with Crippen molar-refractivity contribution >= 4 is 5.78 Å². The third kappa shape index (κ3) is 1.19. The molecule has 3 aliphatic carbocycles. The SMILES string of the molecule is O=C1CC[C@@]12c1cccc(C3CC3)c1CC[C@H]2F. The lowest BCUT2D eigenvalue weighted by atomic mass is 9.56. The van der Waals surface area contributed by atoms with E-state index < -0.39 is 11.6 Å². The highest BCUT2D eigenvalue weighted by atomic mass is 19.1. The first-order valence-corrected chi connectivity index (χ1v) is 7.03. The Morgan fingerprint density at radius 2 is 2.00 bits per heavy atom. The maximum atomic E-state index is 14.3. The predicted octanol–water partition coefficient (Wildman–Crippen LogP) is 3.45. The molecular formula is C16H17FO. The van der Waals surface area contributed by atoms with Crippen LogP contribution in [-0.2, 0) is 16.6 Å². The van der Waals surface area contributed by atoms with Crippen LogP contribution in [0.25, 0.3) is 0 Å². The number of benzene rings is 1. The predicted molar refractivity (Wildman–Crippen MR) is 67.6 cm³/mol. The van der Waals surface area contributed by atoms with E-state index in [0.29, 0.717) is 25.2 Å². The van der Waals surface area contributed by atoms with Crippen LogP contribution in [0.3, 0.4) is 0 Å². The molecule has 4 rings (SSSR count). The highest BCUT2D eigenvalue weighted by Crippen LogP contribution is 2.53. The normalized spacial score (nSPS) is 34.3. The number of fused-ring (bicyclic) bond motifs is 2. The lowest BCUT2D eigenvalue weighted by Gasteiger charge is -2.47. The lowest BCUT2D eigenvalue weighted by Crippen LogP contribution is -2.54. The number of hydrogen-bond acceptors (Lipinski definition) is 1. The van der Waals surface area contributed by atoms with E-state index in [1.165, 1.54) is 24.0 Å². The third-order valence-corrected chi connectivity index (χ3v) is 5.14. The monoisotopic (exact) mass is 244 g/mol. The molecule has 18 heavy (non-hydrogen) atoms. The second-order valence-electron chi connectivity index (χ2n) is 6.05. The molecule has 0 aliphatic heterocycles. The minimum atomic E-state index is -0.958. The van der Waals surface area contributed by atoms with Gasteiger partial charge in [-0.15, -0.1) is 0 Å². The minimum Gasteiger partial charge on any atom is -0.299 e. The van der Waals surface area contributed by atoms with Crippen LogP contribution in [0.1, 0.15) is 54.7 Å². The zero-order chi connectivity index (χ0) is 12.3. The average molecular weight is 244 g/mol. The zero-order valence-electron chi connectivity index (χ0n) is 10.4. The Hall–Kier alpha value is -1.18. The number of carbonyl (C=O) groups excluding carboxylic acids is 1. The molecule has 2 heteroatoms. The van der Waals surface area contributed by atoms with Crippen molar-refractivity contribution in [3.05, 3.63) is 34.9 Å². The van der Waals surface area contributed by atoms with Crippen LogP contribution >= 0.6 is 0 Å². The van der Waals surface area contributed by atoms with E-state index in [-0.39, 0.29) is 5.78 Å². The summed E-state index contributed by atoms with van der Waals surface area (Å²) < 4.78 is 14.3. The molecule has 1 nitrogen and oxygen atoms in total. The number of alkyl halides is 1. The molecule has 2 fully saturated rings. The Morgan fingerprint density at radius 1 is 1.17 bits per heavy atom. The van der Waals surface area contributed by atoms with Gasteiger partial charge in [-0.05, 0) is 54.7 Å². The van der Waals surface area contributed by atoms with Gasteiger partial charge in [0.1, 0.15) is 12.0 Å². The quantitative estimate of drug-likeness (QED) is 0.739. The highest BCUT2D eigenvalue weighted by Gasteiger charge is 2.56. The van der Waals surface area contributed by atoms with Gasteiger partial charge in [0, 0.05) is 6.42 Å². The van der Waals surface area contributed by atoms with Gasteiger partial charge in [-0.25, -0.2) is 4.39 Å². The van der Waals surface area contributed by atoms with Crippen molar-refractivity contribution in [1.82, 2.24) is 0 Å². The van der Waals surface area contributed by atoms with E-state index in [0.717, 1.165) is 12.0 Å². The molecule has 0 radical (unpaired) electrons. The fourth-order valence-corrected chi connectivity index (χ4v) is 3.88. The van der Waals surface area contributed by atoms with Gasteiger partial charge in [0.2, 0.25) is 0 Å². The smallest absolute Gasteiger partial charge is 0.146 e. The van der Waals surface area contributed by atoms with Gasteiger partial charge in [0.15, 0.2) is 0 Å². The number of hydrogen-bond donors (Lipinski definition) is 0. The first-order valence-electron chi connectivity index (χ1n) is 7.03. The van der Waals surface area contributed by atoms with Crippen molar-refractivity contribution < 1.29 is 9.18 Å². The van der Waals surface area contributed by atoms with Crippen LogP contribution < -0.4 is 0 Å². The van der Waals surface area contributed by atoms with E-state index in [9.17, 15) is 9.18 Å². The summed E-state index contributed by atoms with van der Waals surface area (Å²) in [6.07, 6.45) is 4.19. The fourth-order valence-electron chi connectivity index (χ4n) is 3.88. The van der Waals surface area contributed by atoms with Crippen LogP contribution in [-0.4, -0.2) is 12.0 Å². The number of rotatable bonds is 1. The van der Waals surface area contributed by atoms with Crippen LogP contribution in [0.15, 0.2) is 18.2 Å². The zero-order valence-corrected chi connectivity index (χ0v) is 10.4. The molecule has 0 N–H and O–H groups in total. The summed E-state index contributed by atoms with van der Waals surface area (Å²) in [7, 11) is 0. The van der Waals surface area contributed by atoms with Crippen LogP contribution in [0.4, 0.5) is 4.39 Å². The van der Waals surface area contributed by atoms with Crippen molar-refractivity contribution in [2.75, 3.05) is 0 Å². The first-order chi connectivity index (χ1) is 8.73. The fraction of sp³-hybridized carbons (Fsp3) is 0.562. The van der Waals surface area contributed by atoms with Crippen molar-refractivity contribution in [2.45, 2.75) is 56.0 Å². The molecule has 0 bridgehead atoms. The van der Waals surface area contributed by atoms with Gasteiger partial charge >= 0.3 is 0 Å². The van der Waals surface area contributed by atoms with Crippen LogP contribution in [0, 0.1) is 0 Å². The minimum absolute atomic E-state index is 0.129. The molecule has 0 saturated heterocycles. The molecule has 2 saturated carbocycles. The Balaban J connectivity index is 1.90. The third-order valence-electron chi connectivity index (χ3n) is 5.14. The van der Waals surface area contributed by atoms with Gasteiger partial charge in [0.05, 0.1) is 5.41 Å². The van der Waals surface area contributed by atoms with Crippen molar-refractivity contribution in [1.29, 1.82) is 0 Å². The summed E-state index contributed by atoms with van der Waals surface area (Å²) in [6, 6.07) is 6.22. The molecule has 0 unspecified atom stereocenters. The molecule has 0 aromatic heterocycles. The van der Waals surface area contributed by atoms with E-state index in [1.807, 2.05) is 12.1 Å². The molecule has 1 spiro atoms. The number of halogens is 1. The van der Waals surface area contributed by atoms with Gasteiger partial charge in [-0.3, -0.25) is 4.79 Å². The first kappa shape index (κ1) is 10.7. The van der Waals surface area contributed by atoms with Crippen LogP contribution in [0.5, 0.6) is 0 Å². The molecule has 1 aromatic rings. The molecule has 2 atom stereocenters. The lowest BCUT2D eigenvalue weighted by molar-refractivity contribution is -0.136. The maximum absolute atomic E-state index is 14.3. The Kier molecular flexibility index (Phi) is 2.04. The second kappa shape index (κ2) is 3.43. The summed E-state index contributed by atoms with van der Waals surface area (Å²) in [5.41, 5.74) is 2.99. The van der Waals surface area contributed by atoms with Crippen molar-refractivity contribution in [3.63, 3.8) is 0 Å². The largest absolute Gasteiger partial charge is 0.299 e. The van der Waals surface area contributed by atoms with Crippen molar-refractivity contribution in [3.8, 4) is 0 Å². The Bertz CT molecular complexity index is 532. The Labute approximate surface area is 106 Å². The number of ketones is 1. The van der Waals surface area contributed by atoms with E-state index in [1.54, 1.807) is 0 Å². The summed E-state index contributed by atoms with van der Waals surface area (Å²) in [6.45, 7) is 0. The molecule has 0 amide bonds. The Morgan fingerprint density at radius 3 is 2.61 bits per heavy atom. The number of Topliss-reactive ketones (excluding diaryl/α,β-unsaturated/α-hetero) is 1. The van der Waals surface area contributed by atoms with E-state index in [4.69, 9.17) is 0 Å². The highest BCUT2D eigenvalue weighted by molar-refractivity contribution is 5.97. The van der Waals surface area contributed by atoms with Gasteiger partial charge in [-0.2, -0.15) is 0 Å². The van der Waals surface area contributed by atoms with Crippen LogP contribution in [0.2, 0.25) is 0 Å². The van der Waals surface area contributed by atoms with Gasteiger partial charge < -0.3 is 0 Å². The average Bonchev–Trinajstić information content (AvgIpc) is 3.20. The van der Waals surface area contributed by atoms with Crippen molar-refractivity contribution in [2.24, 2.45) is 0 Å². The summed E-state index contributed by atoms with van der Waals surface area (Å²) in [5, 5.41) is 0. The van der Waals surface area contributed by atoms with Gasteiger partial charge in [-0.1, -0.05) is 18.2 Å². The second-order valence-corrected chi connectivity index (χ2v) is 6.05. The molecule has 94 valence electrons. The topological polar surface area (TPSA) is 17.1 Å². The summed E-state index contributed by atoms with van der Waals surface area (Å²) >= 11 is 0. The van der Waals surface area contributed by atoms with E-state index in [2.05, 4.69) is 6.07 Å². The van der Waals surface area contributed by atoms with E-state index >= 15 is 0 Å². The summed E-state index contributed by atoms with van der Waals surface area (Å²) in [5.74, 6) is 0.812. The molecular weight excluding hydrogens is 227 g/mol. The summed E-state index contributed by atoms with van der Waals surface area (Å²) in [4.78, 5) is 12.0. The standard InChI is InChI=1S/C16H17FO/c17-14-7-6-12-11(10-4-5-10)2-1-3-13(12)16(14)9-8-15(16)18/h1-3,10,14H,4-9H2/t14-,16+/m1/s1. The molecule has 0 heterocycles. The molecule has 1 aromatic carbocycles. The maximum Gasteiger partial charge on any atom is 0.146 e. The number of carbonyl (C=O) groups is 1. The molecule has 3 aliphatic rings. The van der Waals surface area contributed by atoms with Gasteiger partial charge in [0.25, 0.3) is 0 Å².